The van der Waals surface area contributed by atoms with E-state index in [1.54, 1.807) is 11.8 Å². The summed E-state index contributed by atoms with van der Waals surface area (Å²) in [7, 11) is 0. The van der Waals surface area contributed by atoms with Crippen molar-refractivity contribution < 1.29 is 9.59 Å². The van der Waals surface area contributed by atoms with Crippen LogP contribution >= 0.6 is 12.2 Å². The van der Waals surface area contributed by atoms with Crippen LogP contribution in [0.25, 0.3) is 0 Å². The number of rotatable bonds is 2. The number of carbonyl (C=O) groups excluding carboxylic acids is 2. The van der Waals surface area contributed by atoms with E-state index >= 15 is 0 Å². The van der Waals surface area contributed by atoms with Gasteiger partial charge in [0.05, 0.1) is 10.9 Å². The lowest BCUT2D eigenvalue weighted by molar-refractivity contribution is -0.132. The van der Waals surface area contributed by atoms with Crippen molar-refractivity contribution in [1.82, 2.24) is 10.2 Å². The Balaban J connectivity index is 2.59. The molecule has 1 fully saturated rings. The first-order chi connectivity index (χ1) is 7.02. The summed E-state index contributed by atoms with van der Waals surface area (Å²) in [4.78, 5) is 24.7. The molecule has 1 atom stereocenters. The van der Waals surface area contributed by atoms with Gasteiger partial charge in [0.25, 0.3) is 0 Å². The smallest absolute Gasteiger partial charge is 0.232 e. The van der Waals surface area contributed by atoms with Gasteiger partial charge in [0.2, 0.25) is 11.8 Å². The molecule has 0 spiro atoms. The van der Waals surface area contributed by atoms with Gasteiger partial charge in [-0.25, -0.2) is 0 Å². The highest BCUT2D eigenvalue weighted by atomic mass is 32.1. The van der Waals surface area contributed by atoms with Gasteiger partial charge in [-0.05, 0) is 6.92 Å². The molecule has 3 N–H and O–H groups in total. The van der Waals surface area contributed by atoms with Crippen LogP contribution in [0.1, 0.15) is 13.3 Å². The normalized spacial score (nSPS) is 19.0. The van der Waals surface area contributed by atoms with Crippen LogP contribution < -0.4 is 11.1 Å². The zero-order chi connectivity index (χ0) is 11.4. The fraction of sp³-hybridized carbons (Fsp3) is 0.667. The summed E-state index contributed by atoms with van der Waals surface area (Å²) in [5.41, 5.74) is 5.41. The molecule has 0 bridgehead atoms. The highest BCUT2D eigenvalue weighted by molar-refractivity contribution is 7.80. The number of hydrogen-bond acceptors (Lipinski definition) is 3. The van der Waals surface area contributed by atoms with Gasteiger partial charge in [-0.2, -0.15) is 0 Å². The maximum atomic E-state index is 11.8. The number of nitrogens with one attached hydrogen (secondary N) is 1. The average molecular weight is 229 g/mol. The summed E-state index contributed by atoms with van der Waals surface area (Å²) in [5.74, 6) is -0.569. The van der Waals surface area contributed by atoms with E-state index in [9.17, 15) is 9.59 Å². The van der Waals surface area contributed by atoms with Gasteiger partial charge >= 0.3 is 0 Å². The van der Waals surface area contributed by atoms with Crippen LogP contribution in [-0.2, 0) is 9.59 Å². The molecule has 1 saturated heterocycles. The molecule has 0 aromatic heterocycles. The molecule has 2 amide bonds. The maximum Gasteiger partial charge on any atom is 0.232 e. The summed E-state index contributed by atoms with van der Waals surface area (Å²) in [5, 5.41) is 2.70. The molecule has 1 heterocycles. The Labute approximate surface area is 94.0 Å². The minimum absolute atomic E-state index is 0.0201. The Kier molecular flexibility index (Phi) is 4.02. The van der Waals surface area contributed by atoms with Crippen molar-refractivity contribution in [1.29, 1.82) is 0 Å². The van der Waals surface area contributed by atoms with E-state index in [1.807, 2.05) is 0 Å². The third kappa shape index (κ3) is 3.16. The lowest BCUT2D eigenvalue weighted by atomic mass is 10.1. The quantitative estimate of drug-likeness (QED) is 0.611. The Morgan fingerprint density at radius 3 is 2.87 bits per heavy atom. The molecule has 84 valence electrons. The Morgan fingerprint density at radius 2 is 2.27 bits per heavy atom. The van der Waals surface area contributed by atoms with E-state index in [1.165, 1.54) is 0 Å². The number of nitrogens with two attached hydrogens (primary N) is 1. The van der Waals surface area contributed by atoms with Gasteiger partial charge in [-0.1, -0.05) is 12.2 Å². The zero-order valence-electron chi connectivity index (χ0n) is 8.66. The van der Waals surface area contributed by atoms with E-state index in [0.717, 1.165) is 0 Å². The monoisotopic (exact) mass is 229 g/mol. The molecule has 0 saturated carbocycles. The van der Waals surface area contributed by atoms with Gasteiger partial charge in [0.1, 0.15) is 0 Å². The fourth-order valence-corrected chi connectivity index (χ4v) is 1.48. The summed E-state index contributed by atoms with van der Waals surface area (Å²) >= 11 is 4.77. The molecule has 1 rings (SSSR count). The molecule has 1 unspecified atom stereocenters. The van der Waals surface area contributed by atoms with Crippen LogP contribution in [0.2, 0.25) is 0 Å². The molecule has 0 aromatic carbocycles. The predicted molar refractivity (Wildman–Crippen MR) is 60.2 cm³/mol. The van der Waals surface area contributed by atoms with Crippen molar-refractivity contribution in [2.45, 2.75) is 13.3 Å². The minimum Gasteiger partial charge on any atom is -0.393 e. The van der Waals surface area contributed by atoms with E-state index in [4.69, 9.17) is 18.0 Å². The third-order valence-corrected chi connectivity index (χ3v) is 2.78. The first-order valence-corrected chi connectivity index (χ1v) is 5.28. The lowest BCUT2D eigenvalue weighted by Crippen LogP contribution is -2.41. The average Bonchev–Trinajstić information content (AvgIpc) is 2.40. The van der Waals surface area contributed by atoms with Gasteiger partial charge in [0, 0.05) is 26.1 Å². The van der Waals surface area contributed by atoms with Crippen LogP contribution in [0.5, 0.6) is 0 Å². The predicted octanol–water partition coefficient (Wildman–Crippen LogP) is -0.743. The number of nitrogens with zero attached hydrogens (tertiary/aromatic N) is 1. The van der Waals surface area contributed by atoms with Crippen LogP contribution in [0.15, 0.2) is 0 Å². The van der Waals surface area contributed by atoms with Crippen LogP contribution in [0, 0.1) is 5.92 Å². The molecule has 0 aliphatic carbocycles. The summed E-state index contributed by atoms with van der Waals surface area (Å²) in [6, 6.07) is 0. The molecule has 6 heteroatoms. The second-order valence-corrected chi connectivity index (χ2v) is 4.02. The van der Waals surface area contributed by atoms with Crippen LogP contribution in [0.3, 0.4) is 0 Å². The summed E-state index contributed by atoms with van der Waals surface area (Å²) in [6.07, 6.45) is 0.343. The van der Waals surface area contributed by atoms with E-state index in [2.05, 4.69) is 5.32 Å². The van der Waals surface area contributed by atoms with Gasteiger partial charge in [0.15, 0.2) is 0 Å². The van der Waals surface area contributed by atoms with Gasteiger partial charge in [-0.15, -0.1) is 0 Å². The Morgan fingerprint density at radius 1 is 1.60 bits per heavy atom. The van der Waals surface area contributed by atoms with Crippen molar-refractivity contribution in [3.8, 4) is 0 Å². The van der Waals surface area contributed by atoms with Crippen LogP contribution in [0.4, 0.5) is 0 Å². The molecule has 0 aromatic rings. The standard InChI is InChI=1S/C9H15N3O2S/c1-6(8(10)15)9(14)12-4-2-7(13)11-3-5-12/h6H,2-5H2,1H3,(H2,10,15)(H,11,13). The molecular formula is C9H15N3O2S. The van der Waals surface area contributed by atoms with Crippen molar-refractivity contribution in [2.75, 3.05) is 19.6 Å². The van der Waals surface area contributed by atoms with Crippen molar-refractivity contribution in [3.63, 3.8) is 0 Å². The van der Waals surface area contributed by atoms with Gasteiger partial charge < -0.3 is 16.0 Å². The third-order valence-electron chi connectivity index (χ3n) is 2.42. The molecule has 15 heavy (non-hydrogen) atoms. The zero-order valence-corrected chi connectivity index (χ0v) is 9.47. The van der Waals surface area contributed by atoms with Crippen LogP contribution in [-0.4, -0.2) is 41.3 Å². The SMILES string of the molecule is CC(C(=O)N1CCNC(=O)CC1)C(N)=S. The first-order valence-electron chi connectivity index (χ1n) is 4.87. The highest BCUT2D eigenvalue weighted by Gasteiger charge is 2.24. The molecule has 0 radical (unpaired) electrons. The maximum absolute atomic E-state index is 11.8. The number of amides is 2. The number of carbonyl (C=O) groups is 2. The van der Waals surface area contributed by atoms with E-state index in [0.29, 0.717) is 26.1 Å². The largest absolute Gasteiger partial charge is 0.393 e. The lowest BCUT2D eigenvalue weighted by Gasteiger charge is -2.22. The van der Waals surface area contributed by atoms with E-state index < -0.39 is 5.92 Å². The Bertz CT molecular complexity index is 293. The second kappa shape index (κ2) is 5.06. The molecule has 5 nitrogen and oxygen atoms in total. The summed E-state index contributed by atoms with van der Waals surface area (Å²) in [6.45, 7) is 3.15. The number of hydrogen-bond donors (Lipinski definition) is 2. The fourth-order valence-electron chi connectivity index (χ4n) is 1.38. The van der Waals surface area contributed by atoms with Crippen molar-refractivity contribution >= 4 is 29.0 Å². The molecule has 1 aliphatic heterocycles. The Hall–Kier alpha value is -1.17. The minimum atomic E-state index is -0.451. The summed E-state index contributed by atoms with van der Waals surface area (Å²) < 4.78 is 0. The van der Waals surface area contributed by atoms with E-state index in [-0.39, 0.29) is 16.8 Å². The van der Waals surface area contributed by atoms with Gasteiger partial charge in [-0.3, -0.25) is 9.59 Å². The number of thiocarbonyl (C=S) groups is 1. The molecular weight excluding hydrogens is 214 g/mol. The molecule has 1 aliphatic rings. The van der Waals surface area contributed by atoms with Crippen molar-refractivity contribution in [2.24, 2.45) is 11.7 Å². The first kappa shape index (κ1) is 11.9. The topological polar surface area (TPSA) is 75.4 Å². The highest BCUT2D eigenvalue weighted by Crippen LogP contribution is 2.05. The van der Waals surface area contributed by atoms with Crippen molar-refractivity contribution in [3.05, 3.63) is 0 Å². The second-order valence-electron chi connectivity index (χ2n) is 3.55.